The Bertz CT molecular complexity index is 257. The van der Waals surface area contributed by atoms with Gasteiger partial charge in [-0.25, -0.2) is 9.59 Å². The first-order valence-corrected chi connectivity index (χ1v) is 6.20. The maximum Gasteiger partial charge on any atom is 0.330 e. The summed E-state index contributed by atoms with van der Waals surface area (Å²) in [6, 6.07) is 0. The predicted octanol–water partition coefficient (Wildman–Crippen LogP) is 2.32. The van der Waals surface area contributed by atoms with E-state index in [0.29, 0.717) is 5.41 Å². The summed E-state index contributed by atoms with van der Waals surface area (Å²) in [6.07, 6.45) is 0. The smallest absolute Gasteiger partial charge is 0.330 e. The van der Waals surface area contributed by atoms with Gasteiger partial charge in [-0.2, -0.15) is 0 Å². The predicted molar refractivity (Wildman–Crippen MR) is 84.2 cm³/mol. The molecule has 0 unspecified atom stereocenters. The van der Waals surface area contributed by atoms with Crippen molar-refractivity contribution in [3.8, 4) is 0 Å². The van der Waals surface area contributed by atoms with Crippen LogP contribution in [0.5, 0.6) is 0 Å². The Morgan fingerprint density at radius 2 is 0.905 bits per heavy atom. The van der Waals surface area contributed by atoms with Crippen LogP contribution in [0, 0.1) is 5.41 Å². The van der Waals surface area contributed by atoms with Crippen LogP contribution in [-0.4, -0.2) is 45.6 Å². The first kappa shape index (κ1) is 27.6. The zero-order valence-electron chi connectivity index (χ0n) is 13.9. The molecule has 0 rings (SSSR count). The highest BCUT2D eigenvalue weighted by molar-refractivity contribution is 5.85. The van der Waals surface area contributed by atoms with Gasteiger partial charge in [0.2, 0.25) is 0 Å². The molecule has 4 N–H and O–H groups in total. The van der Waals surface area contributed by atoms with E-state index >= 15 is 0 Å². The first-order valence-electron chi connectivity index (χ1n) is 6.20. The summed E-state index contributed by atoms with van der Waals surface area (Å²) in [6.45, 7) is 17.7. The molecule has 0 aromatic heterocycles. The van der Waals surface area contributed by atoms with Crippen molar-refractivity contribution in [3.63, 3.8) is 0 Å². The van der Waals surface area contributed by atoms with E-state index in [0.717, 1.165) is 0 Å². The highest BCUT2D eigenvalue weighted by atomic mass is 16.4. The molecule has 0 spiro atoms. The molecule has 0 aliphatic rings. The minimum Gasteiger partial charge on any atom is -0.478 e. The van der Waals surface area contributed by atoms with E-state index in [9.17, 15) is 9.59 Å². The lowest BCUT2D eigenvalue weighted by Crippen LogP contribution is -1.93. The van der Waals surface area contributed by atoms with Gasteiger partial charge in [-0.1, -0.05) is 40.9 Å². The lowest BCUT2D eigenvalue weighted by atomic mass is 10.0. The Balaban J connectivity index is -0.0000000929. The second-order valence-corrected chi connectivity index (χ2v) is 5.62. The Morgan fingerprint density at radius 3 is 0.905 bits per heavy atom. The average Bonchev–Trinajstić information content (AvgIpc) is 2.27. The molecule has 0 amide bonds. The zero-order valence-corrected chi connectivity index (χ0v) is 13.9. The van der Waals surface area contributed by atoms with Crippen LogP contribution in [0.25, 0.3) is 0 Å². The number of hydrogen-bond donors (Lipinski definition) is 4. The largest absolute Gasteiger partial charge is 0.478 e. The van der Waals surface area contributed by atoms with E-state index in [1.807, 2.05) is 0 Å². The monoisotopic (exact) mass is 306 g/mol. The van der Waals surface area contributed by atoms with Crippen molar-refractivity contribution in [2.45, 2.75) is 41.5 Å². The molecule has 6 heteroatoms. The van der Waals surface area contributed by atoms with Gasteiger partial charge in [0, 0.05) is 11.1 Å². The summed E-state index contributed by atoms with van der Waals surface area (Å²) in [5.74, 6) is -1.87. The number of carboxylic acids is 2. The van der Waals surface area contributed by atoms with E-state index in [2.05, 4.69) is 40.9 Å². The average molecular weight is 306 g/mol. The summed E-state index contributed by atoms with van der Waals surface area (Å²) in [7, 11) is 0. The molecule has 0 heterocycles. The molecule has 0 aliphatic heterocycles. The van der Waals surface area contributed by atoms with E-state index < -0.39 is 11.9 Å². The molecule has 0 aliphatic carbocycles. The molecule has 6 nitrogen and oxygen atoms in total. The summed E-state index contributed by atoms with van der Waals surface area (Å²) >= 11 is 0. The van der Waals surface area contributed by atoms with E-state index in [4.69, 9.17) is 20.4 Å². The van der Waals surface area contributed by atoms with Gasteiger partial charge in [0.1, 0.15) is 0 Å². The quantitative estimate of drug-likeness (QED) is 0.595. The fourth-order valence-electron chi connectivity index (χ4n) is 0. The SMILES string of the molecule is C=C(C)C(=O)O.C=C(C)C(=O)O.CC(C)(C)C.OCCO. The van der Waals surface area contributed by atoms with Crippen LogP contribution < -0.4 is 0 Å². The van der Waals surface area contributed by atoms with Gasteiger partial charge in [-0.05, 0) is 19.3 Å². The summed E-state index contributed by atoms with van der Waals surface area (Å²) < 4.78 is 0. The topological polar surface area (TPSA) is 115 Å². The number of aliphatic hydroxyl groups excluding tert-OH is 2. The van der Waals surface area contributed by atoms with Gasteiger partial charge in [0.15, 0.2) is 0 Å². The minimum absolute atomic E-state index is 0.125. The van der Waals surface area contributed by atoms with E-state index in [-0.39, 0.29) is 24.4 Å². The highest BCUT2D eigenvalue weighted by Gasteiger charge is 1.95. The fraction of sp³-hybridized carbons (Fsp3) is 0.600. The van der Waals surface area contributed by atoms with Gasteiger partial charge in [0.05, 0.1) is 13.2 Å². The summed E-state index contributed by atoms with van der Waals surface area (Å²) in [5, 5.41) is 31.0. The molecule has 0 saturated heterocycles. The molecular weight excluding hydrogens is 276 g/mol. The lowest BCUT2D eigenvalue weighted by Gasteiger charge is -2.05. The number of rotatable bonds is 3. The number of carboxylic acid groups (broad SMARTS) is 2. The van der Waals surface area contributed by atoms with Crippen LogP contribution in [-0.2, 0) is 9.59 Å². The molecule has 0 saturated carbocycles. The van der Waals surface area contributed by atoms with Crippen LogP contribution in [0.15, 0.2) is 24.3 Å². The Labute approximate surface area is 127 Å². The molecule has 0 fully saturated rings. The molecule has 0 aromatic rings. The zero-order chi connectivity index (χ0) is 18.2. The third kappa shape index (κ3) is 90.9. The Kier molecular flexibility index (Phi) is 21.6. The fourth-order valence-corrected chi connectivity index (χ4v) is 0. The van der Waals surface area contributed by atoms with Crippen LogP contribution in [0.1, 0.15) is 41.5 Å². The Morgan fingerprint density at radius 1 is 0.810 bits per heavy atom. The second-order valence-electron chi connectivity index (χ2n) is 5.62. The van der Waals surface area contributed by atoms with Crippen LogP contribution in [0.4, 0.5) is 0 Å². The molecule has 0 bridgehead atoms. The maximum absolute atomic E-state index is 9.60. The maximum atomic E-state index is 9.60. The third-order valence-corrected chi connectivity index (χ3v) is 0.830. The van der Waals surface area contributed by atoms with Crippen molar-refractivity contribution in [1.29, 1.82) is 0 Å². The lowest BCUT2D eigenvalue weighted by molar-refractivity contribution is -0.133. The highest BCUT2D eigenvalue weighted by Crippen LogP contribution is 2.08. The van der Waals surface area contributed by atoms with Crippen LogP contribution in [0.2, 0.25) is 0 Å². The molecule has 126 valence electrons. The third-order valence-electron chi connectivity index (χ3n) is 0.830. The van der Waals surface area contributed by atoms with Crippen molar-refractivity contribution < 1.29 is 30.0 Å². The van der Waals surface area contributed by atoms with E-state index in [1.54, 1.807) is 0 Å². The molecule has 0 atom stereocenters. The molecule has 21 heavy (non-hydrogen) atoms. The van der Waals surface area contributed by atoms with E-state index in [1.165, 1.54) is 13.8 Å². The van der Waals surface area contributed by atoms with Gasteiger partial charge < -0.3 is 20.4 Å². The van der Waals surface area contributed by atoms with Gasteiger partial charge >= 0.3 is 11.9 Å². The van der Waals surface area contributed by atoms with Crippen molar-refractivity contribution >= 4 is 11.9 Å². The molecule has 0 radical (unpaired) electrons. The van der Waals surface area contributed by atoms with Crippen LogP contribution in [0.3, 0.4) is 0 Å². The standard InChI is InChI=1S/C5H12.2C4H6O2.C2H6O2/c1-5(2,3)4;2*1-3(2)4(5)6;3-1-2-4/h1-4H3;2*1H2,2H3,(H,5,6);3-4H,1-2H2. The first-order chi connectivity index (χ1) is 9.20. The normalized spacial score (nSPS) is 8.57. The van der Waals surface area contributed by atoms with Crippen molar-refractivity contribution in [1.82, 2.24) is 0 Å². The second kappa shape index (κ2) is 16.4. The summed E-state index contributed by atoms with van der Waals surface area (Å²) in [5.41, 5.74) is 0.852. The van der Waals surface area contributed by atoms with Crippen LogP contribution >= 0.6 is 0 Å². The van der Waals surface area contributed by atoms with Crippen molar-refractivity contribution in [3.05, 3.63) is 24.3 Å². The van der Waals surface area contributed by atoms with Gasteiger partial charge in [0.25, 0.3) is 0 Å². The number of aliphatic carboxylic acids is 2. The summed E-state index contributed by atoms with van der Waals surface area (Å²) in [4.78, 5) is 19.2. The van der Waals surface area contributed by atoms with Gasteiger partial charge in [-0.15, -0.1) is 0 Å². The van der Waals surface area contributed by atoms with Crippen molar-refractivity contribution in [2.75, 3.05) is 13.2 Å². The number of aliphatic hydroxyl groups is 2. The minimum atomic E-state index is -0.935. The number of hydrogen-bond acceptors (Lipinski definition) is 4. The number of carbonyl (C=O) groups is 2. The molecule has 0 aromatic carbocycles. The Hall–Kier alpha value is -1.66. The van der Waals surface area contributed by atoms with Crippen molar-refractivity contribution in [2.24, 2.45) is 5.41 Å². The molecular formula is C15H30O6. The van der Waals surface area contributed by atoms with Gasteiger partial charge in [-0.3, -0.25) is 0 Å².